The number of benzene rings is 1. The molecule has 2 rings (SSSR count). The number of urea groups is 1. The van der Waals surface area contributed by atoms with Crippen molar-refractivity contribution in [3.63, 3.8) is 0 Å². The topological polar surface area (TPSA) is 76.4 Å². The van der Waals surface area contributed by atoms with Crippen molar-refractivity contribution in [2.45, 2.75) is 20.0 Å². The molecule has 0 fully saturated rings. The number of hydrogen-bond donors (Lipinski definition) is 2. The predicted octanol–water partition coefficient (Wildman–Crippen LogP) is 1.99. The summed E-state index contributed by atoms with van der Waals surface area (Å²) in [4.78, 5) is 11.6. The Balaban J connectivity index is 1.77. The third-order valence-corrected chi connectivity index (χ3v) is 2.69. The van der Waals surface area contributed by atoms with Crippen LogP contribution in [0.1, 0.15) is 17.0 Å². The molecule has 6 heteroatoms. The molecule has 0 spiro atoms. The van der Waals surface area contributed by atoms with E-state index in [0.717, 1.165) is 17.1 Å². The number of nitrogens with one attached hydrogen (secondary N) is 2. The summed E-state index contributed by atoms with van der Waals surface area (Å²) in [6.07, 6.45) is 0. The van der Waals surface area contributed by atoms with E-state index < -0.39 is 0 Å². The van der Waals surface area contributed by atoms with E-state index in [1.54, 1.807) is 20.1 Å². The van der Waals surface area contributed by atoms with Gasteiger partial charge in [-0.2, -0.15) is 0 Å². The Morgan fingerprint density at radius 3 is 2.80 bits per heavy atom. The number of ether oxygens (including phenoxy) is 1. The lowest BCUT2D eigenvalue weighted by molar-refractivity contribution is 0.240. The molecule has 106 valence electrons. The largest absolute Gasteiger partial charge is 0.497 e. The molecule has 0 saturated carbocycles. The Bertz CT molecular complexity index is 581. The van der Waals surface area contributed by atoms with Gasteiger partial charge in [-0.05, 0) is 24.6 Å². The summed E-state index contributed by atoms with van der Waals surface area (Å²) >= 11 is 0. The molecule has 0 unspecified atom stereocenters. The minimum atomic E-state index is -0.256. The van der Waals surface area contributed by atoms with Gasteiger partial charge in [0.25, 0.3) is 0 Å². The second kappa shape index (κ2) is 6.60. The second-order valence-electron chi connectivity index (χ2n) is 4.32. The molecule has 1 heterocycles. The molecule has 0 radical (unpaired) electrons. The van der Waals surface area contributed by atoms with Crippen LogP contribution >= 0.6 is 0 Å². The lowest BCUT2D eigenvalue weighted by Crippen LogP contribution is -2.34. The highest BCUT2D eigenvalue weighted by atomic mass is 16.5. The third kappa shape index (κ3) is 4.01. The molecule has 2 amide bonds. The average Bonchev–Trinajstić information content (AvgIpc) is 2.89. The van der Waals surface area contributed by atoms with E-state index in [4.69, 9.17) is 9.26 Å². The van der Waals surface area contributed by atoms with Crippen LogP contribution in [0.5, 0.6) is 5.75 Å². The third-order valence-electron chi connectivity index (χ3n) is 2.69. The quantitative estimate of drug-likeness (QED) is 0.875. The van der Waals surface area contributed by atoms with Gasteiger partial charge in [0.15, 0.2) is 0 Å². The number of methoxy groups -OCH3 is 1. The standard InChI is InChI=1S/C14H17N3O3/c1-10-6-12(17-20-10)9-16-14(18)15-8-11-4-3-5-13(7-11)19-2/h3-7H,8-9H2,1-2H3,(H2,15,16,18). The number of hydrogen-bond acceptors (Lipinski definition) is 4. The molecular weight excluding hydrogens is 258 g/mol. The maximum Gasteiger partial charge on any atom is 0.315 e. The fourth-order valence-electron chi connectivity index (χ4n) is 1.70. The number of aryl methyl sites for hydroxylation is 1. The van der Waals surface area contributed by atoms with E-state index in [9.17, 15) is 4.79 Å². The maximum atomic E-state index is 11.6. The molecule has 0 aliphatic heterocycles. The second-order valence-corrected chi connectivity index (χ2v) is 4.32. The van der Waals surface area contributed by atoms with Gasteiger partial charge in [0.05, 0.1) is 13.7 Å². The first kappa shape index (κ1) is 13.9. The van der Waals surface area contributed by atoms with Crippen LogP contribution in [-0.4, -0.2) is 18.3 Å². The van der Waals surface area contributed by atoms with E-state index >= 15 is 0 Å². The predicted molar refractivity (Wildman–Crippen MR) is 73.3 cm³/mol. The summed E-state index contributed by atoms with van der Waals surface area (Å²) in [5.41, 5.74) is 1.66. The molecule has 1 aromatic carbocycles. The van der Waals surface area contributed by atoms with Crippen LogP contribution < -0.4 is 15.4 Å². The molecule has 0 saturated heterocycles. The van der Waals surface area contributed by atoms with Crippen LogP contribution in [0.2, 0.25) is 0 Å². The zero-order valence-corrected chi connectivity index (χ0v) is 11.5. The SMILES string of the molecule is COc1cccc(CNC(=O)NCc2cc(C)on2)c1. The molecule has 6 nitrogen and oxygen atoms in total. The molecule has 0 aliphatic carbocycles. The molecule has 0 aliphatic rings. The first-order chi connectivity index (χ1) is 9.67. The van der Waals surface area contributed by atoms with Crippen LogP contribution in [0.25, 0.3) is 0 Å². The minimum Gasteiger partial charge on any atom is -0.497 e. The van der Waals surface area contributed by atoms with Gasteiger partial charge in [0.2, 0.25) is 0 Å². The van der Waals surface area contributed by atoms with Crippen LogP contribution in [-0.2, 0) is 13.1 Å². The molecule has 20 heavy (non-hydrogen) atoms. The summed E-state index contributed by atoms with van der Waals surface area (Å²) in [5.74, 6) is 1.49. The van der Waals surface area contributed by atoms with Crippen molar-refractivity contribution in [1.82, 2.24) is 15.8 Å². The zero-order chi connectivity index (χ0) is 14.4. The van der Waals surface area contributed by atoms with Gasteiger partial charge in [-0.3, -0.25) is 0 Å². The van der Waals surface area contributed by atoms with E-state index in [1.807, 2.05) is 24.3 Å². The summed E-state index contributed by atoms with van der Waals surface area (Å²) in [6.45, 7) is 2.57. The van der Waals surface area contributed by atoms with Gasteiger partial charge in [-0.1, -0.05) is 17.3 Å². The number of nitrogens with zero attached hydrogens (tertiary/aromatic N) is 1. The van der Waals surface area contributed by atoms with E-state index in [1.165, 1.54) is 0 Å². The lowest BCUT2D eigenvalue weighted by Gasteiger charge is -2.07. The van der Waals surface area contributed by atoms with Crippen molar-refractivity contribution in [3.05, 3.63) is 47.3 Å². The minimum absolute atomic E-state index is 0.256. The number of rotatable bonds is 5. The molecular formula is C14H17N3O3. The first-order valence-electron chi connectivity index (χ1n) is 6.24. The van der Waals surface area contributed by atoms with Gasteiger partial charge >= 0.3 is 6.03 Å². The van der Waals surface area contributed by atoms with Gasteiger partial charge in [-0.25, -0.2) is 4.79 Å². The zero-order valence-electron chi connectivity index (χ0n) is 11.5. The summed E-state index contributed by atoms with van der Waals surface area (Å²) in [5, 5.41) is 9.27. The molecule has 0 bridgehead atoms. The highest BCUT2D eigenvalue weighted by Crippen LogP contribution is 2.12. The fraction of sp³-hybridized carbons (Fsp3) is 0.286. The van der Waals surface area contributed by atoms with Gasteiger partial charge in [0, 0.05) is 12.6 Å². The number of carbonyl (C=O) groups excluding carboxylic acids is 1. The molecule has 1 aromatic heterocycles. The average molecular weight is 275 g/mol. The van der Waals surface area contributed by atoms with Crippen molar-refractivity contribution in [2.75, 3.05) is 7.11 Å². The highest BCUT2D eigenvalue weighted by Gasteiger charge is 2.04. The summed E-state index contributed by atoms with van der Waals surface area (Å²) in [6, 6.07) is 9.06. The first-order valence-corrected chi connectivity index (χ1v) is 6.24. The van der Waals surface area contributed by atoms with Crippen molar-refractivity contribution < 1.29 is 14.1 Å². The van der Waals surface area contributed by atoms with Crippen LogP contribution in [0.4, 0.5) is 4.79 Å². The van der Waals surface area contributed by atoms with E-state index in [-0.39, 0.29) is 6.03 Å². The number of carbonyl (C=O) groups is 1. The van der Waals surface area contributed by atoms with E-state index in [2.05, 4.69) is 15.8 Å². The van der Waals surface area contributed by atoms with Gasteiger partial charge < -0.3 is 19.9 Å². The summed E-state index contributed by atoms with van der Waals surface area (Å²) < 4.78 is 10.0. The maximum absolute atomic E-state index is 11.6. The summed E-state index contributed by atoms with van der Waals surface area (Å²) in [7, 11) is 1.61. The monoisotopic (exact) mass is 275 g/mol. The highest BCUT2D eigenvalue weighted by molar-refractivity contribution is 5.73. The van der Waals surface area contributed by atoms with E-state index in [0.29, 0.717) is 18.8 Å². The van der Waals surface area contributed by atoms with Crippen molar-refractivity contribution in [2.24, 2.45) is 0 Å². The van der Waals surface area contributed by atoms with Crippen molar-refractivity contribution >= 4 is 6.03 Å². The molecule has 0 atom stereocenters. The number of amides is 2. The van der Waals surface area contributed by atoms with Crippen LogP contribution in [0, 0.1) is 6.92 Å². The molecule has 2 aromatic rings. The van der Waals surface area contributed by atoms with Gasteiger partial charge in [-0.15, -0.1) is 0 Å². The van der Waals surface area contributed by atoms with Crippen LogP contribution in [0.3, 0.4) is 0 Å². The molecule has 2 N–H and O–H groups in total. The Hall–Kier alpha value is -2.50. The normalized spacial score (nSPS) is 10.1. The van der Waals surface area contributed by atoms with Crippen LogP contribution in [0.15, 0.2) is 34.9 Å². The smallest absolute Gasteiger partial charge is 0.315 e. The fourth-order valence-corrected chi connectivity index (χ4v) is 1.70. The van der Waals surface area contributed by atoms with Gasteiger partial charge in [0.1, 0.15) is 17.2 Å². The van der Waals surface area contributed by atoms with Crippen molar-refractivity contribution in [3.8, 4) is 5.75 Å². The Kier molecular flexibility index (Phi) is 4.60. The van der Waals surface area contributed by atoms with Crippen molar-refractivity contribution in [1.29, 1.82) is 0 Å². The Morgan fingerprint density at radius 2 is 2.10 bits per heavy atom. The number of aromatic nitrogens is 1. The Labute approximate surface area is 117 Å². The lowest BCUT2D eigenvalue weighted by atomic mass is 10.2. The Morgan fingerprint density at radius 1 is 1.30 bits per heavy atom.